The maximum atomic E-state index is 6.69. The van der Waals surface area contributed by atoms with Crippen LogP contribution in [0.4, 0.5) is 0 Å². The van der Waals surface area contributed by atoms with Crippen molar-refractivity contribution in [2.45, 2.75) is 53.7 Å². The Labute approximate surface area is 177 Å². The van der Waals surface area contributed by atoms with E-state index < -0.39 is 0 Å². The van der Waals surface area contributed by atoms with E-state index in [0.717, 1.165) is 38.2 Å². The molecule has 3 N–H and O–H groups in total. The lowest BCUT2D eigenvalue weighted by atomic mass is 9.76. The second kappa shape index (κ2) is 7.51. The molecule has 0 bridgehead atoms. The summed E-state index contributed by atoms with van der Waals surface area (Å²) in [5.41, 5.74) is 6.83. The number of aliphatic imine (C=N–C) groups is 1. The molecule has 1 fully saturated rings. The van der Waals surface area contributed by atoms with Crippen LogP contribution < -0.4 is 11.1 Å². The van der Waals surface area contributed by atoms with Gasteiger partial charge >= 0.3 is 0 Å². The molecule has 0 spiro atoms. The molecule has 4 unspecified atom stereocenters. The Morgan fingerprint density at radius 2 is 2.38 bits per heavy atom. The number of hydrogen-bond acceptors (Lipinski definition) is 6. The second-order valence-corrected chi connectivity index (χ2v) is 11.0. The number of hydrogen-bond donors (Lipinski definition) is 2. The van der Waals surface area contributed by atoms with Crippen LogP contribution >= 0.6 is 46.0 Å². The van der Waals surface area contributed by atoms with Crippen LogP contribution in [-0.4, -0.2) is 56.4 Å². The summed E-state index contributed by atoms with van der Waals surface area (Å²) in [7, 11) is 2.18. The van der Waals surface area contributed by atoms with Crippen molar-refractivity contribution in [1.82, 2.24) is 19.8 Å². The summed E-state index contributed by atoms with van der Waals surface area (Å²) < 4.78 is 3.35. The molecular weight excluding hydrogens is 483 g/mol. The van der Waals surface area contributed by atoms with Crippen LogP contribution in [0.3, 0.4) is 0 Å². The van der Waals surface area contributed by atoms with Gasteiger partial charge in [0, 0.05) is 36.8 Å². The normalized spacial score (nSPS) is 39.2. The van der Waals surface area contributed by atoms with Crippen LogP contribution in [0.2, 0.25) is 0 Å². The molecule has 0 amide bonds. The lowest BCUT2D eigenvalue weighted by Gasteiger charge is -2.39. The predicted octanol–water partition coefficient (Wildman–Crippen LogP) is 2.95. The smallest absolute Gasteiger partial charge is 0.158 e. The van der Waals surface area contributed by atoms with Gasteiger partial charge in [0.25, 0.3) is 0 Å². The summed E-state index contributed by atoms with van der Waals surface area (Å²) in [5, 5.41) is 4.09. The van der Waals surface area contributed by atoms with Gasteiger partial charge in [-0.15, -0.1) is 0 Å². The zero-order valence-electron chi connectivity index (χ0n) is 15.1. The molecule has 6 atom stereocenters. The Morgan fingerprint density at radius 3 is 3.12 bits per heavy atom. The molecule has 0 aromatic carbocycles. The van der Waals surface area contributed by atoms with Gasteiger partial charge in [-0.05, 0) is 31.7 Å². The molecule has 1 aromatic rings. The number of aromatic nitrogens is 2. The summed E-state index contributed by atoms with van der Waals surface area (Å²) in [5.74, 6) is 1.15. The van der Waals surface area contributed by atoms with Gasteiger partial charge in [-0.2, -0.15) is 0 Å². The van der Waals surface area contributed by atoms with Crippen LogP contribution in [0.5, 0.6) is 0 Å². The van der Waals surface area contributed by atoms with Crippen molar-refractivity contribution in [2.24, 2.45) is 16.1 Å². The Morgan fingerprint density at radius 1 is 1.58 bits per heavy atom. The van der Waals surface area contributed by atoms with Crippen molar-refractivity contribution in [2.75, 3.05) is 20.1 Å². The van der Waals surface area contributed by atoms with Crippen LogP contribution in [0.25, 0.3) is 0 Å². The summed E-state index contributed by atoms with van der Waals surface area (Å²) in [6.45, 7) is 4.20. The minimum Gasteiger partial charge on any atom is -0.325 e. The fourth-order valence-electron chi connectivity index (χ4n) is 4.69. The molecule has 0 saturated heterocycles. The maximum absolute atomic E-state index is 6.69. The fraction of sp³-hybridized carbons (Fsp3) is 0.765. The number of alkyl halides is 1. The van der Waals surface area contributed by atoms with Crippen LogP contribution in [0.1, 0.15) is 42.2 Å². The molecule has 9 heteroatoms. The summed E-state index contributed by atoms with van der Waals surface area (Å²) in [6.07, 6.45) is 7.41. The lowest BCUT2D eigenvalue weighted by Crippen LogP contribution is -2.48. The number of rotatable bonds is 5. The number of halogens is 2. The topological polar surface area (TPSA) is 71.5 Å². The number of imidazole rings is 1. The van der Waals surface area contributed by atoms with Crippen LogP contribution in [-0.2, 0) is 0 Å². The lowest BCUT2D eigenvalue weighted by molar-refractivity contribution is 0.0952. The molecule has 26 heavy (non-hydrogen) atoms. The Bertz CT molecular complexity index is 699. The number of nitrogens with two attached hydrogens (primary N) is 1. The van der Waals surface area contributed by atoms with Gasteiger partial charge in [0.15, 0.2) is 4.50 Å². The third-order valence-corrected chi connectivity index (χ3v) is 8.78. The van der Waals surface area contributed by atoms with E-state index in [9.17, 15) is 0 Å². The van der Waals surface area contributed by atoms with Gasteiger partial charge in [-0.25, -0.2) is 4.98 Å². The summed E-state index contributed by atoms with van der Waals surface area (Å²) in [4.78, 5) is 11.5. The van der Waals surface area contributed by atoms with Gasteiger partial charge in [-0.1, -0.05) is 52.9 Å². The number of nitrogens with zero attached hydrogens (tertiary/aromatic N) is 4. The minimum absolute atomic E-state index is 0.0940. The van der Waals surface area contributed by atoms with Gasteiger partial charge in [0.1, 0.15) is 12.1 Å². The van der Waals surface area contributed by atoms with Crippen molar-refractivity contribution in [3.8, 4) is 0 Å². The first-order valence-electron chi connectivity index (χ1n) is 9.21. The van der Waals surface area contributed by atoms with E-state index >= 15 is 0 Å². The zero-order valence-corrected chi connectivity index (χ0v) is 18.8. The van der Waals surface area contributed by atoms with E-state index in [1.807, 2.05) is 6.20 Å². The zero-order chi connectivity index (χ0) is 18.5. The highest BCUT2D eigenvalue weighted by atomic mass is 127. The molecule has 3 aliphatic rings. The molecule has 0 radical (unpaired) electrons. The Balaban J connectivity index is 1.45. The Kier molecular flexibility index (Phi) is 5.62. The maximum Gasteiger partial charge on any atom is 0.158 e. The molecule has 6 nitrogen and oxygen atoms in total. The van der Waals surface area contributed by atoms with Crippen molar-refractivity contribution < 1.29 is 0 Å². The predicted molar refractivity (Wildman–Crippen MR) is 117 cm³/mol. The highest BCUT2D eigenvalue weighted by molar-refractivity contribution is 14.1. The van der Waals surface area contributed by atoms with Gasteiger partial charge in [0.05, 0.1) is 9.97 Å². The highest BCUT2D eigenvalue weighted by Gasteiger charge is 2.53. The van der Waals surface area contributed by atoms with E-state index in [1.54, 1.807) is 11.8 Å². The molecule has 3 heterocycles. The average molecular weight is 509 g/mol. The molecule has 1 aliphatic carbocycles. The summed E-state index contributed by atoms with van der Waals surface area (Å²) >= 11 is 10.3. The molecule has 2 aliphatic heterocycles. The monoisotopic (exact) mass is 508 g/mol. The van der Waals surface area contributed by atoms with E-state index in [1.165, 1.54) is 0 Å². The standard InChI is InChI=1S/C17H26ClIN6S/c1-3-17(8-11-12(13(17)20)23-15(18)26-11)4-6-24(2)16-22-9-10(19)14-21-5-7-25(14)16/h5,7,10-13,16,22H,3-4,6,8-9,20H2,1-2H3/t10-,11?,12?,13-,16?,17?/m1/s1. The Hall–Kier alpha value is 0.130. The SMILES string of the molecule is CCC1(CCN(C)C2NC[C@@H](I)c3nccn32)CC2SC(Cl)=NC2[C@H]1N. The van der Waals surface area contributed by atoms with E-state index in [-0.39, 0.29) is 23.8 Å². The van der Waals surface area contributed by atoms with Crippen LogP contribution in [0, 0.1) is 5.41 Å². The third-order valence-electron chi connectivity index (χ3n) is 6.37. The highest BCUT2D eigenvalue weighted by Crippen LogP contribution is 2.51. The number of fused-ring (bicyclic) bond motifs is 2. The first-order valence-corrected chi connectivity index (χ1v) is 11.7. The van der Waals surface area contributed by atoms with E-state index in [2.05, 4.69) is 67.5 Å². The molecule has 144 valence electrons. The molecule has 4 rings (SSSR count). The van der Waals surface area contributed by atoms with E-state index in [4.69, 9.17) is 17.3 Å². The van der Waals surface area contributed by atoms with Crippen LogP contribution in [0.15, 0.2) is 17.4 Å². The first kappa shape index (κ1) is 19.4. The largest absolute Gasteiger partial charge is 0.325 e. The van der Waals surface area contributed by atoms with Crippen molar-refractivity contribution in [1.29, 1.82) is 0 Å². The summed E-state index contributed by atoms with van der Waals surface area (Å²) in [6, 6.07) is 0.280. The average Bonchev–Trinajstić information content (AvgIpc) is 3.30. The quantitative estimate of drug-likeness (QED) is 0.473. The third kappa shape index (κ3) is 3.24. The number of thioether (sulfide) groups is 1. The number of nitrogens with one attached hydrogen (secondary N) is 1. The van der Waals surface area contributed by atoms with Gasteiger partial charge < -0.3 is 10.3 Å². The molecule has 1 saturated carbocycles. The van der Waals surface area contributed by atoms with Crippen molar-refractivity contribution in [3.63, 3.8) is 0 Å². The first-order chi connectivity index (χ1) is 12.4. The second-order valence-electron chi connectivity index (χ2n) is 7.65. The molecular formula is C17H26ClIN6S. The molecule has 1 aromatic heterocycles. The fourth-order valence-corrected chi connectivity index (χ4v) is 7.10. The van der Waals surface area contributed by atoms with Crippen molar-refractivity contribution in [3.05, 3.63) is 18.2 Å². The van der Waals surface area contributed by atoms with E-state index in [0.29, 0.717) is 13.7 Å². The van der Waals surface area contributed by atoms with Gasteiger partial charge in [-0.3, -0.25) is 15.2 Å². The van der Waals surface area contributed by atoms with Gasteiger partial charge in [0.2, 0.25) is 0 Å². The minimum atomic E-state index is 0.0940. The van der Waals surface area contributed by atoms with Crippen molar-refractivity contribution >= 4 is 50.5 Å².